The molecule has 0 saturated carbocycles. The van der Waals surface area contributed by atoms with E-state index in [9.17, 15) is 4.39 Å². The molecular formula is C12H12FN3. The van der Waals surface area contributed by atoms with E-state index >= 15 is 0 Å². The Hall–Kier alpha value is -1.81. The van der Waals surface area contributed by atoms with Crippen LogP contribution in [0.3, 0.4) is 0 Å². The molecule has 0 aliphatic heterocycles. The van der Waals surface area contributed by atoms with Gasteiger partial charge in [-0.2, -0.15) is 0 Å². The fourth-order valence-corrected chi connectivity index (χ4v) is 1.45. The van der Waals surface area contributed by atoms with Gasteiger partial charge in [0, 0.05) is 19.2 Å². The number of rotatable bonds is 3. The monoisotopic (exact) mass is 217 g/mol. The van der Waals surface area contributed by atoms with Crippen LogP contribution in [0.4, 0.5) is 4.39 Å². The first kappa shape index (κ1) is 10.7. The summed E-state index contributed by atoms with van der Waals surface area (Å²) in [7, 11) is 0. The SMILES string of the molecule is NCc1ccnc(Cc2ccccc2F)n1. The lowest BCUT2D eigenvalue weighted by Crippen LogP contribution is -2.04. The summed E-state index contributed by atoms with van der Waals surface area (Å²) >= 11 is 0. The van der Waals surface area contributed by atoms with Crippen LogP contribution < -0.4 is 5.73 Å². The van der Waals surface area contributed by atoms with Gasteiger partial charge in [-0.15, -0.1) is 0 Å². The number of halogens is 1. The minimum Gasteiger partial charge on any atom is -0.325 e. The largest absolute Gasteiger partial charge is 0.325 e. The third-order valence-corrected chi connectivity index (χ3v) is 2.28. The van der Waals surface area contributed by atoms with Crippen LogP contribution in [-0.2, 0) is 13.0 Å². The van der Waals surface area contributed by atoms with Gasteiger partial charge in [-0.1, -0.05) is 18.2 Å². The molecule has 2 aromatic rings. The third kappa shape index (κ3) is 2.41. The smallest absolute Gasteiger partial charge is 0.133 e. The molecule has 16 heavy (non-hydrogen) atoms. The summed E-state index contributed by atoms with van der Waals surface area (Å²) in [6, 6.07) is 8.38. The summed E-state index contributed by atoms with van der Waals surface area (Å²) in [5, 5.41) is 0. The van der Waals surface area contributed by atoms with E-state index in [4.69, 9.17) is 5.73 Å². The van der Waals surface area contributed by atoms with E-state index in [1.807, 2.05) is 0 Å². The van der Waals surface area contributed by atoms with Crippen LogP contribution in [0, 0.1) is 5.82 Å². The van der Waals surface area contributed by atoms with Crippen molar-refractivity contribution in [2.24, 2.45) is 5.73 Å². The zero-order valence-electron chi connectivity index (χ0n) is 8.73. The highest BCUT2D eigenvalue weighted by atomic mass is 19.1. The van der Waals surface area contributed by atoms with Gasteiger partial charge in [0.2, 0.25) is 0 Å². The molecule has 1 aromatic carbocycles. The van der Waals surface area contributed by atoms with E-state index in [1.54, 1.807) is 30.5 Å². The van der Waals surface area contributed by atoms with Crippen LogP contribution in [0.1, 0.15) is 17.1 Å². The Kier molecular flexibility index (Phi) is 3.22. The molecule has 0 aliphatic carbocycles. The highest BCUT2D eigenvalue weighted by Gasteiger charge is 2.04. The molecular weight excluding hydrogens is 205 g/mol. The molecule has 0 fully saturated rings. The summed E-state index contributed by atoms with van der Waals surface area (Å²) in [6.45, 7) is 0.368. The predicted molar refractivity (Wildman–Crippen MR) is 59.1 cm³/mol. The quantitative estimate of drug-likeness (QED) is 0.850. The zero-order chi connectivity index (χ0) is 11.4. The maximum atomic E-state index is 13.4. The Balaban J connectivity index is 2.24. The maximum Gasteiger partial charge on any atom is 0.133 e. The molecule has 3 nitrogen and oxygen atoms in total. The first-order chi connectivity index (χ1) is 7.79. The van der Waals surface area contributed by atoms with Crippen LogP contribution in [0.2, 0.25) is 0 Å². The molecule has 0 radical (unpaired) electrons. The molecule has 0 saturated heterocycles. The Morgan fingerprint density at radius 2 is 2.00 bits per heavy atom. The normalized spacial score (nSPS) is 10.4. The highest BCUT2D eigenvalue weighted by molar-refractivity contribution is 5.21. The fourth-order valence-electron chi connectivity index (χ4n) is 1.45. The maximum absolute atomic E-state index is 13.4. The Labute approximate surface area is 93.2 Å². The second-order valence-electron chi connectivity index (χ2n) is 3.44. The molecule has 0 aliphatic rings. The molecule has 82 valence electrons. The average molecular weight is 217 g/mol. The number of benzene rings is 1. The predicted octanol–water partition coefficient (Wildman–Crippen LogP) is 1.67. The van der Waals surface area contributed by atoms with Crippen molar-refractivity contribution >= 4 is 0 Å². The van der Waals surface area contributed by atoms with Crippen molar-refractivity contribution in [3.8, 4) is 0 Å². The molecule has 0 spiro atoms. The number of aromatic nitrogens is 2. The van der Waals surface area contributed by atoms with Crippen LogP contribution in [0.5, 0.6) is 0 Å². The van der Waals surface area contributed by atoms with Crippen LogP contribution >= 0.6 is 0 Å². The Bertz CT molecular complexity index is 485. The molecule has 0 unspecified atom stereocenters. The van der Waals surface area contributed by atoms with Gasteiger partial charge in [0.05, 0.1) is 5.69 Å². The molecule has 1 heterocycles. The zero-order valence-corrected chi connectivity index (χ0v) is 8.73. The van der Waals surface area contributed by atoms with Gasteiger partial charge in [0.1, 0.15) is 11.6 Å². The lowest BCUT2D eigenvalue weighted by Gasteiger charge is -2.03. The van der Waals surface area contributed by atoms with Gasteiger partial charge in [-0.3, -0.25) is 0 Å². The summed E-state index contributed by atoms with van der Waals surface area (Å²) < 4.78 is 13.4. The van der Waals surface area contributed by atoms with E-state index < -0.39 is 0 Å². The molecule has 2 rings (SSSR count). The van der Waals surface area contributed by atoms with E-state index in [0.29, 0.717) is 24.4 Å². The molecule has 2 N–H and O–H groups in total. The van der Waals surface area contributed by atoms with Crippen molar-refractivity contribution in [1.29, 1.82) is 0 Å². The van der Waals surface area contributed by atoms with Crippen LogP contribution in [0.25, 0.3) is 0 Å². The third-order valence-electron chi connectivity index (χ3n) is 2.28. The number of nitrogens with two attached hydrogens (primary N) is 1. The van der Waals surface area contributed by atoms with Gasteiger partial charge < -0.3 is 5.73 Å². The van der Waals surface area contributed by atoms with Crippen molar-refractivity contribution in [2.75, 3.05) is 0 Å². The van der Waals surface area contributed by atoms with Gasteiger partial charge in [-0.25, -0.2) is 14.4 Å². The van der Waals surface area contributed by atoms with Crippen molar-refractivity contribution in [2.45, 2.75) is 13.0 Å². The Morgan fingerprint density at radius 3 is 2.75 bits per heavy atom. The molecule has 0 atom stereocenters. The first-order valence-electron chi connectivity index (χ1n) is 5.04. The van der Waals surface area contributed by atoms with Crippen LogP contribution in [0.15, 0.2) is 36.5 Å². The first-order valence-corrected chi connectivity index (χ1v) is 5.04. The van der Waals surface area contributed by atoms with Crippen molar-refractivity contribution < 1.29 is 4.39 Å². The summed E-state index contributed by atoms with van der Waals surface area (Å²) in [6.07, 6.45) is 2.03. The lowest BCUT2D eigenvalue weighted by atomic mass is 10.1. The number of nitrogens with zero attached hydrogens (tertiary/aromatic N) is 2. The minimum absolute atomic E-state index is 0.232. The summed E-state index contributed by atoms with van der Waals surface area (Å²) in [5.74, 6) is 0.359. The highest BCUT2D eigenvalue weighted by Crippen LogP contribution is 2.10. The summed E-state index contributed by atoms with van der Waals surface area (Å²) in [5.41, 5.74) is 6.84. The molecule has 0 amide bonds. The number of hydrogen-bond donors (Lipinski definition) is 1. The standard InChI is InChI=1S/C12H12FN3/c13-11-4-2-1-3-9(11)7-12-15-6-5-10(8-14)16-12/h1-6H,7-8,14H2. The van der Waals surface area contributed by atoms with Crippen molar-refractivity contribution in [3.05, 3.63) is 59.4 Å². The van der Waals surface area contributed by atoms with Crippen LogP contribution in [-0.4, -0.2) is 9.97 Å². The fraction of sp³-hybridized carbons (Fsp3) is 0.167. The number of hydrogen-bond acceptors (Lipinski definition) is 3. The summed E-state index contributed by atoms with van der Waals surface area (Å²) in [4.78, 5) is 8.32. The van der Waals surface area contributed by atoms with Crippen molar-refractivity contribution in [3.63, 3.8) is 0 Å². The topological polar surface area (TPSA) is 51.8 Å². The van der Waals surface area contributed by atoms with Gasteiger partial charge in [0.25, 0.3) is 0 Å². The second kappa shape index (κ2) is 4.81. The minimum atomic E-state index is -0.232. The van der Waals surface area contributed by atoms with Gasteiger partial charge in [-0.05, 0) is 17.7 Å². The second-order valence-corrected chi connectivity index (χ2v) is 3.44. The van der Waals surface area contributed by atoms with E-state index in [1.165, 1.54) is 6.07 Å². The van der Waals surface area contributed by atoms with Gasteiger partial charge >= 0.3 is 0 Å². The van der Waals surface area contributed by atoms with Gasteiger partial charge in [0.15, 0.2) is 0 Å². The van der Waals surface area contributed by atoms with E-state index in [-0.39, 0.29) is 5.82 Å². The molecule has 4 heteroatoms. The van der Waals surface area contributed by atoms with Crippen molar-refractivity contribution in [1.82, 2.24) is 9.97 Å². The van der Waals surface area contributed by atoms with E-state index in [2.05, 4.69) is 9.97 Å². The average Bonchev–Trinajstić information content (AvgIpc) is 2.32. The molecule has 0 bridgehead atoms. The van der Waals surface area contributed by atoms with E-state index in [0.717, 1.165) is 5.69 Å². The Morgan fingerprint density at radius 1 is 1.19 bits per heavy atom. The lowest BCUT2D eigenvalue weighted by molar-refractivity contribution is 0.612. The molecule has 1 aromatic heterocycles.